The van der Waals surface area contributed by atoms with Gasteiger partial charge in [0.2, 0.25) is 5.91 Å². The Morgan fingerprint density at radius 2 is 1.70 bits per heavy atom. The molecule has 0 fully saturated rings. The highest BCUT2D eigenvalue weighted by molar-refractivity contribution is 9.10. The number of hydrogen-bond donors (Lipinski definition) is 1. The number of ether oxygens (including phenoxy) is 1. The molecular formula is C22H17BrCl2N2O2S. The Labute approximate surface area is 197 Å². The molecule has 0 heterocycles. The van der Waals surface area contributed by atoms with Crippen molar-refractivity contribution in [3.05, 3.63) is 92.4 Å². The molecule has 0 bridgehead atoms. The summed E-state index contributed by atoms with van der Waals surface area (Å²) < 4.78 is 6.79. The largest absolute Gasteiger partial charge is 0.488 e. The first-order valence-electron chi connectivity index (χ1n) is 8.87. The summed E-state index contributed by atoms with van der Waals surface area (Å²) in [5.74, 6) is 0.698. The van der Waals surface area contributed by atoms with E-state index in [1.165, 1.54) is 11.8 Å². The first kappa shape index (κ1) is 22.7. The quantitative estimate of drug-likeness (QED) is 0.206. The number of nitrogens with zero attached hydrogens (tertiary/aromatic N) is 1. The van der Waals surface area contributed by atoms with Gasteiger partial charge in [-0.25, -0.2) is 5.43 Å². The molecule has 0 aliphatic rings. The van der Waals surface area contributed by atoms with Crippen molar-refractivity contribution in [2.45, 2.75) is 11.5 Å². The zero-order chi connectivity index (χ0) is 21.3. The molecule has 3 aromatic rings. The van der Waals surface area contributed by atoms with Crippen molar-refractivity contribution in [1.82, 2.24) is 5.43 Å². The summed E-state index contributed by atoms with van der Waals surface area (Å²) in [7, 11) is 0. The summed E-state index contributed by atoms with van der Waals surface area (Å²) in [6.45, 7) is 0.393. The fourth-order valence-electron chi connectivity index (χ4n) is 2.38. The molecule has 0 saturated heterocycles. The second kappa shape index (κ2) is 11.4. The normalized spacial score (nSPS) is 10.9. The van der Waals surface area contributed by atoms with Crippen LogP contribution < -0.4 is 10.2 Å². The smallest absolute Gasteiger partial charge is 0.250 e. The molecule has 8 heteroatoms. The van der Waals surface area contributed by atoms with Crippen molar-refractivity contribution in [3.8, 4) is 5.75 Å². The van der Waals surface area contributed by atoms with Gasteiger partial charge in [-0.3, -0.25) is 4.79 Å². The second-order valence-electron chi connectivity index (χ2n) is 6.13. The number of benzene rings is 3. The van der Waals surface area contributed by atoms with Gasteiger partial charge in [-0.05, 0) is 60.2 Å². The maximum atomic E-state index is 12.0. The maximum Gasteiger partial charge on any atom is 0.250 e. The average molecular weight is 524 g/mol. The predicted octanol–water partition coefficient (Wildman–Crippen LogP) is 6.58. The van der Waals surface area contributed by atoms with Crippen molar-refractivity contribution in [2.24, 2.45) is 5.10 Å². The number of hydrogen-bond acceptors (Lipinski definition) is 4. The minimum atomic E-state index is -0.204. The highest BCUT2D eigenvalue weighted by Gasteiger charge is 2.05. The van der Waals surface area contributed by atoms with Gasteiger partial charge in [-0.2, -0.15) is 5.10 Å². The zero-order valence-corrected chi connectivity index (χ0v) is 19.6. The number of thioether (sulfide) groups is 1. The van der Waals surface area contributed by atoms with E-state index >= 15 is 0 Å². The fraction of sp³-hybridized carbons (Fsp3) is 0.0909. The minimum absolute atomic E-state index is 0.204. The van der Waals surface area contributed by atoms with Gasteiger partial charge in [-0.15, -0.1) is 11.8 Å². The van der Waals surface area contributed by atoms with E-state index in [2.05, 4.69) is 26.5 Å². The molecule has 1 amide bonds. The van der Waals surface area contributed by atoms with Crippen LogP contribution in [0.2, 0.25) is 10.0 Å². The Bertz CT molecular complexity index is 1030. The fourth-order valence-corrected chi connectivity index (χ4v) is 3.70. The summed E-state index contributed by atoms with van der Waals surface area (Å²) in [5, 5.41) is 5.40. The summed E-state index contributed by atoms with van der Waals surface area (Å²) in [4.78, 5) is 13.0. The molecule has 0 spiro atoms. The molecular weight excluding hydrogens is 507 g/mol. The van der Waals surface area contributed by atoms with Crippen molar-refractivity contribution < 1.29 is 9.53 Å². The van der Waals surface area contributed by atoms with Gasteiger partial charge in [-0.1, -0.05) is 51.3 Å². The highest BCUT2D eigenvalue weighted by atomic mass is 79.9. The standard InChI is InChI=1S/C22H17BrCl2N2O2S/c23-17-3-10-21(29-13-15-1-4-18(24)5-2-15)16(11-17)12-26-27-22(28)14-30-20-8-6-19(25)7-9-20/h1-12H,13-14H2,(H,27,28)/b26-12-. The van der Waals surface area contributed by atoms with Crippen molar-refractivity contribution in [1.29, 1.82) is 0 Å². The molecule has 0 aliphatic heterocycles. The molecule has 1 N–H and O–H groups in total. The number of carbonyl (C=O) groups excluding carboxylic acids is 1. The SMILES string of the molecule is O=C(CSc1ccc(Cl)cc1)N/N=C\c1cc(Br)ccc1OCc1ccc(Cl)cc1. The van der Waals surface area contributed by atoms with Crippen LogP contribution in [0, 0.1) is 0 Å². The van der Waals surface area contributed by atoms with E-state index in [4.69, 9.17) is 27.9 Å². The third-order valence-electron chi connectivity index (χ3n) is 3.86. The summed E-state index contributed by atoms with van der Waals surface area (Å²) in [6, 6.07) is 20.4. The van der Waals surface area contributed by atoms with Crippen LogP contribution in [0.25, 0.3) is 0 Å². The van der Waals surface area contributed by atoms with Crippen LogP contribution in [0.5, 0.6) is 5.75 Å². The van der Waals surface area contributed by atoms with Crippen LogP contribution in [-0.4, -0.2) is 17.9 Å². The van der Waals surface area contributed by atoms with Gasteiger partial charge in [0, 0.05) is 25.0 Å². The lowest BCUT2D eigenvalue weighted by atomic mass is 10.2. The molecule has 3 aromatic carbocycles. The van der Waals surface area contributed by atoms with Crippen molar-refractivity contribution in [2.75, 3.05) is 5.75 Å². The molecule has 3 rings (SSSR count). The van der Waals surface area contributed by atoms with E-state index in [1.54, 1.807) is 18.3 Å². The molecule has 30 heavy (non-hydrogen) atoms. The van der Waals surface area contributed by atoms with Gasteiger partial charge in [0.15, 0.2) is 0 Å². The molecule has 0 atom stereocenters. The number of rotatable bonds is 8. The van der Waals surface area contributed by atoms with Gasteiger partial charge in [0.25, 0.3) is 0 Å². The summed E-state index contributed by atoms with van der Waals surface area (Å²) in [5.41, 5.74) is 4.28. The lowest BCUT2D eigenvalue weighted by molar-refractivity contribution is -0.118. The topological polar surface area (TPSA) is 50.7 Å². The lowest BCUT2D eigenvalue weighted by Crippen LogP contribution is -2.19. The molecule has 0 saturated carbocycles. The van der Waals surface area contributed by atoms with E-state index in [-0.39, 0.29) is 11.7 Å². The van der Waals surface area contributed by atoms with Crippen LogP contribution in [0.3, 0.4) is 0 Å². The Hall–Kier alpha value is -1.99. The molecule has 0 unspecified atom stereocenters. The molecule has 4 nitrogen and oxygen atoms in total. The summed E-state index contributed by atoms with van der Waals surface area (Å²) >= 11 is 16.6. The van der Waals surface area contributed by atoms with E-state index < -0.39 is 0 Å². The third kappa shape index (κ3) is 7.36. The number of amides is 1. The van der Waals surface area contributed by atoms with E-state index in [9.17, 15) is 4.79 Å². The van der Waals surface area contributed by atoms with Gasteiger partial charge in [0.1, 0.15) is 12.4 Å². The molecule has 0 radical (unpaired) electrons. The van der Waals surface area contributed by atoms with E-state index in [0.29, 0.717) is 22.4 Å². The maximum absolute atomic E-state index is 12.0. The van der Waals surface area contributed by atoms with Gasteiger partial charge < -0.3 is 4.74 Å². The Morgan fingerprint density at radius 1 is 1.03 bits per heavy atom. The number of carbonyl (C=O) groups is 1. The van der Waals surface area contributed by atoms with Crippen molar-refractivity contribution in [3.63, 3.8) is 0 Å². The lowest BCUT2D eigenvalue weighted by Gasteiger charge is -2.10. The van der Waals surface area contributed by atoms with Gasteiger partial charge >= 0.3 is 0 Å². The number of hydrazone groups is 1. The highest BCUT2D eigenvalue weighted by Crippen LogP contribution is 2.23. The first-order chi connectivity index (χ1) is 14.5. The minimum Gasteiger partial charge on any atom is -0.488 e. The average Bonchev–Trinajstić information content (AvgIpc) is 2.74. The van der Waals surface area contributed by atoms with Crippen molar-refractivity contribution >= 4 is 63.0 Å². The first-order valence-corrected chi connectivity index (χ1v) is 11.4. The summed E-state index contributed by atoms with van der Waals surface area (Å²) in [6.07, 6.45) is 1.56. The number of halogens is 3. The van der Waals surface area contributed by atoms with Crippen LogP contribution in [-0.2, 0) is 11.4 Å². The van der Waals surface area contributed by atoms with E-state index in [0.717, 1.165) is 20.5 Å². The Balaban J connectivity index is 1.55. The third-order valence-corrected chi connectivity index (χ3v) is 5.87. The second-order valence-corrected chi connectivity index (χ2v) is 8.97. The van der Waals surface area contributed by atoms with E-state index in [1.807, 2.05) is 54.6 Å². The predicted molar refractivity (Wildman–Crippen MR) is 128 cm³/mol. The van der Waals surface area contributed by atoms with Crippen LogP contribution >= 0.6 is 50.9 Å². The van der Waals surface area contributed by atoms with Gasteiger partial charge in [0.05, 0.1) is 12.0 Å². The zero-order valence-electron chi connectivity index (χ0n) is 15.6. The van der Waals surface area contributed by atoms with Crippen LogP contribution in [0.1, 0.15) is 11.1 Å². The van der Waals surface area contributed by atoms with Crippen LogP contribution in [0.4, 0.5) is 0 Å². The molecule has 0 aliphatic carbocycles. The Kier molecular flexibility index (Phi) is 8.63. The Morgan fingerprint density at radius 3 is 2.40 bits per heavy atom. The molecule has 154 valence electrons. The monoisotopic (exact) mass is 522 g/mol. The molecule has 0 aromatic heterocycles. The number of nitrogens with one attached hydrogen (secondary N) is 1. The van der Waals surface area contributed by atoms with Crippen LogP contribution in [0.15, 0.2) is 81.2 Å².